The van der Waals surface area contributed by atoms with E-state index in [1.807, 2.05) is 0 Å². The van der Waals surface area contributed by atoms with Crippen LogP contribution in [0.2, 0.25) is 0 Å². The summed E-state index contributed by atoms with van der Waals surface area (Å²) in [5.74, 6) is 1.38. The molecular formula is C17H27N5O2. The number of H-pyrrole nitrogens is 1. The Balaban J connectivity index is 2.18. The Bertz CT molecular complexity index is 811. The Morgan fingerprint density at radius 1 is 1.17 bits per heavy atom. The van der Waals surface area contributed by atoms with Crippen molar-refractivity contribution in [3.8, 4) is 0 Å². The minimum Gasteiger partial charge on any atom is -0.330 e. The van der Waals surface area contributed by atoms with Crippen LogP contribution in [0.1, 0.15) is 63.6 Å². The summed E-state index contributed by atoms with van der Waals surface area (Å²) >= 11 is 0. The summed E-state index contributed by atoms with van der Waals surface area (Å²) in [7, 11) is 0. The first-order chi connectivity index (χ1) is 11.7. The molecule has 24 heavy (non-hydrogen) atoms. The van der Waals surface area contributed by atoms with Crippen LogP contribution in [0.3, 0.4) is 0 Å². The number of aromatic amines is 1. The number of fused-ring (bicyclic) bond motifs is 1. The number of aryl methyl sites for hydroxylation is 2. The van der Waals surface area contributed by atoms with Gasteiger partial charge in [-0.15, -0.1) is 0 Å². The van der Waals surface area contributed by atoms with E-state index in [2.05, 4.69) is 21.5 Å². The van der Waals surface area contributed by atoms with E-state index in [1.54, 1.807) is 4.57 Å². The van der Waals surface area contributed by atoms with Crippen LogP contribution < -0.4 is 17.0 Å². The quantitative estimate of drug-likeness (QED) is 0.753. The molecule has 0 unspecified atom stereocenters. The maximum Gasteiger partial charge on any atom is 0.330 e. The first kappa shape index (κ1) is 17.0. The molecule has 132 valence electrons. The molecular weight excluding hydrogens is 306 g/mol. The zero-order valence-electron chi connectivity index (χ0n) is 14.4. The molecule has 2 heterocycles. The highest BCUT2D eigenvalue weighted by atomic mass is 16.2. The predicted molar refractivity (Wildman–Crippen MR) is 94.4 cm³/mol. The zero-order chi connectivity index (χ0) is 17.1. The molecule has 1 aliphatic carbocycles. The van der Waals surface area contributed by atoms with Crippen molar-refractivity contribution in [2.45, 2.75) is 70.9 Å². The summed E-state index contributed by atoms with van der Waals surface area (Å²) in [4.78, 5) is 31.8. The van der Waals surface area contributed by atoms with Crippen molar-refractivity contribution in [2.24, 2.45) is 5.73 Å². The number of nitrogens with zero attached hydrogens (tertiary/aromatic N) is 3. The molecule has 0 radical (unpaired) electrons. The second-order valence-corrected chi connectivity index (χ2v) is 6.68. The fraction of sp³-hybridized carbons (Fsp3) is 0.706. The van der Waals surface area contributed by atoms with Gasteiger partial charge in [-0.1, -0.05) is 19.8 Å². The van der Waals surface area contributed by atoms with Gasteiger partial charge < -0.3 is 10.3 Å². The molecule has 1 aliphatic rings. The van der Waals surface area contributed by atoms with Crippen LogP contribution in [0.5, 0.6) is 0 Å². The minimum atomic E-state index is -0.376. The third-order valence-corrected chi connectivity index (χ3v) is 4.91. The van der Waals surface area contributed by atoms with Crippen molar-refractivity contribution in [3.05, 3.63) is 26.7 Å². The van der Waals surface area contributed by atoms with Crippen LogP contribution in [0.4, 0.5) is 0 Å². The van der Waals surface area contributed by atoms with Crippen molar-refractivity contribution in [1.82, 2.24) is 19.1 Å². The normalized spacial score (nSPS) is 15.6. The molecule has 3 rings (SSSR count). The van der Waals surface area contributed by atoms with Crippen molar-refractivity contribution in [3.63, 3.8) is 0 Å². The molecule has 0 aromatic carbocycles. The molecule has 0 saturated heterocycles. The second kappa shape index (κ2) is 7.34. The summed E-state index contributed by atoms with van der Waals surface area (Å²) < 4.78 is 3.79. The lowest BCUT2D eigenvalue weighted by Gasteiger charge is -2.14. The monoisotopic (exact) mass is 333 g/mol. The standard InChI is InChI=1S/C17H27N5O2/c1-2-10-21-14(12-7-3-4-8-12)19-13-15(23)20-17(24)22(16(13)21)11-6-5-9-18/h12H,2-11,18H2,1H3,(H,20,23,24). The zero-order valence-corrected chi connectivity index (χ0v) is 14.4. The van der Waals surface area contributed by atoms with Crippen LogP contribution >= 0.6 is 0 Å². The number of imidazole rings is 1. The Morgan fingerprint density at radius 2 is 1.92 bits per heavy atom. The van der Waals surface area contributed by atoms with Gasteiger partial charge in [0, 0.05) is 19.0 Å². The van der Waals surface area contributed by atoms with E-state index in [4.69, 9.17) is 5.73 Å². The molecule has 2 aromatic rings. The molecule has 3 N–H and O–H groups in total. The van der Waals surface area contributed by atoms with E-state index in [0.29, 0.717) is 30.2 Å². The lowest BCUT2D eigenvalue weighted by molar-refractivity contribution is 0.553. The average molecular weight is 333 g/mol. The molecule has 1 fully saturated rings. The van der Waals surface area contributed by atoms with E-state index >= 15 is 0 Å². The molecule has 7 heteroatoms. The van der Waals surface area contributed by atoms with Gasteiger partial charge in [0.25, 0.3) is 5.56 Å². The van der Waals surface area contributed by atoms with Gasteiger partial charge >= 0.3 is 5.69 Å². The Morgan fingerprint density at radius 3 is 2.58 bits per heavy atom. The minimum absolute atomic E-state index is 0.347. The third-order valence-electron chi connectivity index (χ3n) is 4.91. The number of unbranched alkanes of at least 4 members (excludes halogenated alkanes) is 1. The predicted octanol–water partition coefficient (Wildman–Crippen LogP) is 1.69. The molecule has 0 atom stereocenters. The average Bonchev–Trinajstić information content (AvgIpc) is 3.19. The van der Waals surface area contributed by atoms with Crippen LogP contribution in [0.25, 0.3) is 11.2 Å². The topological polar surface area (TPSA) is 98.7 Å². The van der Waals surface area contributed by atoms with Crippen LogP contribution in [0.15, 0.2) is 9.59 Å². The number of nitrogens with two attached hydrogens (primary N) is 1. The summed E-state index contributed by atoms with van der Waals surface area (Å²) in [5.41, 5.74) is 5.93. The fourth-order valence-corrected chi connectivity index (χ4v) is 3.77. The molecule has 2 aromatic heterocycles. The van der Waals surface area contributed by atoms with E-state index in [0.717, 1.165) is 44.5 Å². The first-order valence-electron chi connectivity index (χ1n) is 9.10. The summed E-state index contributed by atoms with van der Waals surface area (Å²) in [6.45, 7) is 4.04. The van der Waals surface area contributed by atoms with E-state index < -0.39 is 0 Å². The van der Waals surface area contributed by atoms with Gasteiger partial charge in [0.1, 0.15) is 11.5 Å². The maximum absolute atomic E-state index is 12.4. The first-order valence-corrected chi connectivity index (χ1v) is 9.10. The number of aromatic nitrogens is 4. The number of hydrogen-bond acceptors (Lipinski definition) is 4. The molecule has 7 nitrogen and oxygen atoms in total. The Kier molecular flexibility index (Phi) is 5.18. The van der Waals surface area contributed by atoms with E-state index in [9.17, 15) is 9.59 Å². The summed E-state index contributed by atoms with van der Waals surface area (Å²) in [6.07, 6.45) is 7.25. The van der Waals surface area contributed by atoms with Crippen LogP contribution in [-0.4, -0.2) is 25.6 Å². The number of nitrogens with one attached hydrogen (secondary N) is 1. The van der Waals surface area contributed by atoms with Gasteiger partial charge in [-0.3, -0.25) is 14.3 Å². The summed E-state index contributed by atoms with van der Waals surface area (Å²) in [5, 5.41) is 0. The Labute approximate surface area is 140 Å². The highest BCUT2D eigenvalue weighted by Gasteiger charge is 2.26. The second-order valence-electron chi connectivity index (χ2n) is 6.68. The smallest absolute Gasteiger partial charge is 0.330 e. The van der Waals surface area contributed by atoms with E-state index in [1.165, 1.54) is 12.8 Å². The third kappa shape index (κ3) is 3.05. The van der Waals surface area contributed by atoms with Gasteiger partial charge in [0.05, 0.1) is 0 Å². The van der Waals surface area contributed by atoms with Crippen molar-refractivity contribution in [2.75, 3.05) is 6.54 Å². The van der Waals surface area contributed by atoms with Crippen molar-refractivity contribution >= 4 is 11.2 Å². The van der Waals surface area contributed by atoms with Crippen LogP contribution in [-0.2, 0) is 13.1 Å². The van der Waals surface area contributed by atoms with E-state index in [-0.39, 0.29) is 11.2 Å². The van der Waals surface area contributed by atoms with Crippen molar-refractivity contribution in [1.29, 1.82) is 0 Å². The van der Waals surface area contributed by atoms with Gasteiger partial charge in [0.15, 0.2) is 5.52 Å². The molecule has 0 spiro atoms. The SMILES string of the molecule is CCCn1c(C2CCCC2)nc2c(=O)[nH]c(=O)n(CCCCN)c21. The highest BCUT2D eigenvalue weighted by Crippen LogP contribution is 2.34. The largest absolute Gasteiger partial charge is 0.330 e. The van der Waals surface area contributed by atoms with Gasteiger partial charge in [-0.05, 0) is 38.6 Å². The molecule has 0 bridgehead atoms. The molecule has 0 amide bonds. The maximum atomic E-state index is 12.4. The lowest BCUT2D eigenvalue weighted by Crippen LogP contribution is -2.31. The van der Waals surface area contributed by atoms with Crippen LogP contribution in [0, 0.1) is 0 Å². The van der Waals surface area contributed by atoms with Crippen molar-refractivity contribution < 1.29 is 0 Å². The molecule has 0 aliphatic heterocycles. The number of rotatable bonds is 7. The molecule has 1 saturated carbocycles. The van der Waals surface area contributed by atoms with Gasteiger partial charge in [0.2, 0.25) is 0 Å². The number of hydrogen-bond donors (Lipinski definition) is 2. The van der Waals surface area contributed by atoms with Gasteiger partial charge in [-0.2, -0.15) is 0 Å². The highest BCUT2D eigenvalue weighted by molar-refractivity contribution is 5.71. The summed E-state index contributed by atoms with van der Waals surface area (Å²) in [6, 6.07) is 0. The Hall–Kier alpha value is -1.89. The fourth-order valence-electron chi connectivity index (χ4n) is 3.77. The van der Waals surface area contributed by atoms with Gasteiger partial charge in [-0.25, -0.2) is 9.78 Å². The lowest BCUT2D eigenvalue weighted by atomic mass is 10.1.